The van der Waals surface area contributed by atoms with Crippen LogP contribution in [0.5, 0.6) is 0 Å². The standard InChI is InChI=1S/C22H37NO/c1-4-7-8-9-10-11-12-13-14-18-21(24)23-22-19(5-2)16-15-17-20(22)6-3/h15-17H,4-14,18H2,1-3H3,(H,23,24). The van der Waals surface area contributed by atoms with Crippen LogP contribution >= 0.6 is 0 Å². The van der Waals surface area contributed by atoms with Gasteiger partial charge < -0.3 is 5.32 Å². The first-order chi connectivity index (χ1) is 11.7. The quantitative estimate of drug-likeness (QED) is 0.402. The molecule has 2 heteroatoms. The third-order valence-electron chi connectivity index (χ3n) is 4.77. The zero-order valence-electron chi connectivity index (χ0n) is 16.1. The highest BCUT2D eigenvalue weighted by Crippen LogP contribution is 2.23. The normalized spacial score (nSPS) is 10.8. The van der Waals surface area contributed by atoms with E-state index in [0.29, 0.717) is 6.42 Å². The second kappa shape index (κ2) is 13.0. The maximum absolute atomic E-state index is 12.2. The fourth-order valence-electron chi connectivity index (χ4n) is 3.20. The van der Waals surface area contributed by atoms with Gasteiger partial charge in [0.05, 0.1) is 0 Å². The van der Waals surface area contributed by atoms with Gasteiger partial charge in [-0.3, -0.25) is 4.79 Å². The number of para-hydroxylation sites is 1. The van der Waals surface area contributed by atoms with Crippen molar-refractivity contribution >= 4 is 11.6 Å². The summed E-state index contributed by atoms with van der Waals surface area (Å²) in [6.07, 6.45) is 14.2. The van der Waals surface area contributed by atoms with E-state index in [-0.39, 0.29) is 5.91 Å². The van der Waals surface area contributed by atoms with Crippen molar-refractivity contribution in [1.82, 2.24) is 0 Å². The maximum atomic E-state index is 12.2. The molecule has 1 aromatic carbocycles. The summed E-state index contributed by atoms with van der Waals surface area (Å²) in [5.74, 6) is 0.175. The van der Waals surface area contributed by atoms with E-state index >= 15 is 0 Å². The van der Waals surface area contributed by atoms with Crippen molar-refractivity contribution in [3.63, 3.8) is 0 Å². The minimum Gasteiger partial charge on any atom is -0.326 e. The molecule has 0 aliphatic rings. The molecule has 0 atom stereocenters. The first kappa shape index (κ1) is 20.7. The SMILES string of the molecule is CCCCCCCCCCCC(=O)Nc1c(CC)cccc1CC. The summed E-state index contributed by atoms with van der Waals surface area (Å²) in [4.78, 5) is 12.2. The largest absolute Gasteiger partial charge is 0.326 e. The monoisotopic (exact) mass is 331 g/mol. The molecule has 2 nitrogen and oxygen atoms in total. The van der Waals surface area contributed by atoms with Crippen molar-refractivity contribution in [2.24, 2.45) is 0 Å². The molecule has 0 bridgehead atoms. The van der Waals surface area contributed by atoms with Crippen LogP contribution in [0.1, 0.15) is 96.1 Å². The Balaban J connectivity index is 2.23. The molecule has 1 N–H and O–H groups in total. The molecule has 0 heterocycles. The second-order valence-corrected chi connectivity index (χ2v) is 6.78. The van der Waals surface area contributed by atoms with Gasteiger partial charge >= 0.3 is 0 Å². The van der Waals surface area contributed by atoms with Gasteiger partial charge in [0.1, 0.15) is 0 Å². The van der Waals surface area contributed by atoms with E-state index < -0.39 is 0 Å². The number of hydrogen-bond acceptors (Lipinski definition) is 1. The van der Waals surface area contributed by atoms with Gasteiger partial charge in [-0.25, -0.2) is 0 Å². The lowest BCUT2D eigenvalue weighted by Crippen LogP contribution is -2.14. The van der Waals surface area contributed by atoms with Crippen molar-refractivity contribution < 1.29 is 4.79 Å². The van der Waals surface area contributed by atoms with Crippen molar-refractivity contribution in [3.8, 4) is 0 Å². The van der Waals surface area contributed by atoms with Gasteiger partial charge in [0.15, 0.2) is 0 Å². The van der Waals surface area contributed by atoms with Crippen LogP contribution in [0.25, 0.3) is 0 Å². The van der Waals surface area contributed by atoms with Gasteiger partial charge in [-0.2, -0.15) is 0 Å². The molecule has 136 valence electrons. The summed E-state index contributed by atoms with van der Waals surface area (Å²) >= 11 is 0. The Bertz CT molecular complexity index is 445. The number of unbranched alkanes of at least 4 members (excludes halogenated alkanes) is 8. The number of nitrogens with one attached hydrogen (secondary N) is 1. The van der Waals surface area contributed by atoms with Crippen LogP contribution in [0.2, 0.25) is 0 Å². The molecule has 0 aromatic heterocycles. The Labute approximate surface area is 149 Å². The molecule has 0 aliphatic carbocycles. The average molecular weight is 332 g/mol. The summed E-state index contributed by atoms with van der Waals surface area (Å²) < 4.78 is 0. The number of carbonyl (C=O) groups excluding carboxylic acids is 1. The molecule has 1 aromatic rings. The van der Waals surface area contributed by atoms with Crippen LogP contribution in [0.3, 0.4) is 0 Å². The van der Waals surface area contributed by atoms with Crippen molar-refractivity contribution in [2.75, 3.05) is 5.32 Å². The molecular weight excluding hydrogens is 294 g/mol. The van der Waals surface area contributed by atoms with Crippen LogP contribution in [0.4, 0.5) is 5.69 Å². The molecule has 0 saturated carbocycles. The van der Waals surface area contributed by atoms with Crippen molar-refractivity contribution in [1.29, 1.82) is 0 Å². The van der Waals surface area contributed by atoms with E-state index in [1.165, 1.54) is 62.5 Å². The Morgan fingerprint density at radius 2 is 1.29 bits per heavy atom. The zero-order valence-corrected chi connectivity index (χ0v) is 16.1. The molecule has 0 aliphatic heterocycles. The summed E-state index contributed by atoms with van der Waals surface area (Å²) in [6, 6.07) is 6.33. The van der Waals surface area contributed by atoms with Crippen LogP contribution in [0.15, 0.2) is 18.2 Å². The minimum absolute atomic E-state index is 0.175. The summed E-state index contributed by atoms with van der Waals surface area (Å²) in [5, 5.41) is 3.17. The number of hydrogen-bond donors (Lipinski definition) is 1. The first-order valence-corrected chi connectivity index (χ1v) is 10.1. The Hall–Kier alpha value is -1.31. The van der Waals surface area contributed by atoms with Gasteiger partial charge in [0.25, 0.3) is 0 Å². The summed E-state index contributed by atoms with van der Waals surface area (Å²) in [7, 11) is 0. The van der Waals surface area contributed by atoms with Crippen LogP contribution in [-0.4, -0.2) is 5.91 Å². The number of rotatable bonds is 13. The Morgan fingerprint density at radius 1 is 0.792 bits per heavy atom. The predicted molar refractivity (Wildman–Crippen MR) is 106 cm³/mol. The highest BCUT2D eigenvalue weighted by molar-refractivity contribution is 5.92. The van der Waals surface area contributed by atoms with Crippen LogP contribution in [-0.2, 0) is 17.6 Å². The summed E-state index contributed by atoms with van der Waals surface area (Å²) in [6.45, 7) is 6.54. The molecule has 0 radical (unpaired) electrons. The van der Waals surface area contributed by atoms with E-state index in [9.17, 15) is 4.79 Å². The second-order valence-electron chi connectivity index (χ2n) is 6.78. The van der Waals surface area contributed by atoms with Gasteiger partial charge in [-0.05, 0) is 30.4 Å². The number of aryl methyl sites for hydroxylation is 2. The van der Waals surface area contributed by atoms with Gasteiger partial charge in [-0.1, -0.05) is 90.3 Å². The molecule has 0 fully saturated rings. The van der Waals surface area contributed by atoms with E-state index in [1.807, 2.05) is 0 Å². The lowest BCUT2D eigenvalue weighted by atomic mass is 10.0. The number of amides is 1. The highest BCUT2D eigenvalue weighted by Gasteiger charge is 2.09. The van der Waals surface area contributed by atoms with Crippen molar-refractivity contribution in [3.05, 3.63) is 29.3 Å². The third-order valence-corrected chi connectivity index (χ3v) is 4.77. The Kier molecular flexibility index (Phi) is 11.3. The Morgan fingerprint density at radius 3 is 1.79 bits per heavy atom. The number of anilines is 1. The zero-order chi connectivity index (χ0) is 17.6. The third kappa shape index (κ3) is 7.99. The predicted octanol–water partition coefficient (Wildman–Crippen LogP) is 6.67. The van der Waals surface area contributed by atoms with Gasteiger partial charge in [0, 0.05) is 12.1 Å². The maximum Gasteiger partial charge on any atom is 0.224 e. The number of carbonyl (C=O) groups is 1. The lowest BCUT2D eigenvalue weighted by molar-refractivity contribution is -0.116. The van der Waals surface area contributed by atoms with Crippen LogP contribution in [0, 0.1) is 0 Å². The molecule has 1 amide bonds. The van der Waals surface area contributed by atoms with E-state index in [1.54, 1.807) is 0 Å². The lowest BCUT2D eigenvalue weighted by Gasteiger charge is -2.14. The molecule has 0 spiro atoms. The average Bonchev–Trinajstić information content (AvgIpc) is 2.60. The van der Waals surface area contributed by atoms with Crippen LogP contribution < -0.4 is 5.32 Å². The topological polar surface area (TPSA) is 29.1 Å². The minimum atomic E-state index is 0.175. The highest BCUT2D eigenvalue weighted by atomic mass is 16.1. The van der Waals surface area contributed by atoms with Crippen molar-refractivity contribution in [2.45, 2.75) is 97.8 Å². The number of benzene rings is 1. The smallest absolute Gasteiger partial charge is 0.224 e. The molecule has 0 unspecified atom stereocenters. The first-order valence-electron chi connectivity index (χ1n) is 10.1. The fraction of sp³-hybridized carbons (Fsp3) is 0.682. The molecule has 0 saturated heterocycles. The van der Waals surface area contributed by atoms with E-state index in [4.69, 9.17) is 0 Å². The molecule has 24 heavy (non-hydrogen) atoms. The van der Waals surface area contributed by atoms with E-state index in [0.717, 1.165) is 24.9 Å². The van der Waals surface area contributed by atoms with Gasteiger partial charge in [0.2, 0.25) is 5.91 Å². The fourth-order valence-corrected chi connectivity index (χ4v) is 3.20. The molecular formula is C22H37NO. The summed E-state index contributed by atoms with van der Waals surface area (Å²) in [5.41, 5.74) is 3.55. The molecule has 1 rings (SSSR count). The van der Waals surface area contributed by atoms with Gasteiger partial charge in [-0.15, -0.1) is 0 Å². The van der Waals surface area contributed by atoms with E-state index in [2.05, 4.69) is 44.3 Å².